The van der Waals surface area contributed by atoms with E-state index in [-0.39, 0.29) is 12.2 Å². The lowest BCUT2D eigenvalue weighted by atomic mass is 9.81. The summed E-state index contributed by atoms with van der Waals surface area (Å²) in [5.41, 5.74) is -2.25. The van der Waals surface area contributed by atoms with Gasteiger partial charge in [0.1, 0.15) is 54.2 Å². The van der Waals surface area contributed by atoms with Crippen LogP contribution in [0.2, 0.25) is 0 Å². The lowest BCUT2D eigenvalue weighted by molar-refractivity contribution is -0.307. The molecule has 9 atom stereocenters. The molecule has 0 radical (unpaired) electrons. The van der Waals surface area contributed by atoms with Crippen LogP contribution in [0.1, 0.15) is 37.4 Å². The number of aliphatic hydroxyl groups excluding tert-OH is 7. The molecule has 0 saturated carbocycles. The highest BCUT2D eigenvalue weighted by Gasteiger charge is 2.47. The molecule has 16 heteroatoms. The number of fused-ring (bicyclic) bond motifs is 2. The highest BCUT2D eigenvalue weighted by atomic mass is 16.7. The number of phenols is 3. The lowest BCUT2D eigenvalue weighted by Crippen LogP contribution is -2.61. The van der Waals surface area contributed by atoms with Crippen molar-refractivity contribution in [3.8, 4) is 23.0 Å². The highest BCUT2D eigenvalue weighted by molar-refractivity contribution is 6.30. The van der Waals surface area contributed by atoms with Gasteiger partial charge >= 0.3 is 0 Å². The molecular formula is C26H28O16. The summed E-state index contributed by atoms with van der Waals surface area (Å²) in [6.07, 6.45) is -15.0. The quantitative estimate of drug-likeness (QED) is 0.125. The van der Waals surface area contributed by atoms with Gasteiger partial charge in [-0.3, -0.25) is 9.59 Å². The second-order valence-corrected chi connectivity index (χ2v) is 10.0. The van der Waals surface area contributed by atoms with Crippen molar-refractivity contribution >= 4 is 11.6 Å². The highest BCUT2D eigenvalue weighted by Crippen LogP contribution is 2.44. The largest absolute Gasteiger partial charge is 0.507 e. The summed E-state index contributed by atoms with van der Waals surface area (Å²) >= 11 is 0. The molecule has 0 amide bonds. The molecule has 2 aromatic rings. The molecule has 5 rings (SSSR count). The number of rotatable bonds is 6. The summed E-state index contributed by atoms with van der Waals surface area (Å²) in [5.74, 6) is -4.76. The maximum absolute atomic E-state index is 13.3. The SMILES string of the molecule is O=C1c2cc(OC3OC(COC4OCC(O)C(O)C4O)C(O)C(O)C3O)c(CO)c(O)c2C(=O)c2ccc(O)c(O)c21. The first kappa shape index (κ1) is 30.1. The first-order valence-electron chi connectivity index (χ1n) is 12.6. The zero-order valence-corrected chi connectivity index (χ0v) is 21.5. The molecule has 0 bridgehead atoms. The number of ketones is 2. The van der Waals surface area contributed by atoms with Crippen molar-refractivity contribution in [2.75, 3.05) is 13.2 Å². The molecule has 0 spiro atoms. The minimum absolute atomic E-state index is 0.310. The van der Waals surface area contributed by atoms with E-state index in [1.807, 2.05) is 0 Å². The Bertz CT molecular complexity index is 1390. The molecule has 2 saturated heterocycles. The molecule has 16 nitrogen and oxygen atoms in total. The number of ether oxygens (including phenoxy) is 4. The molecule has 228 valence electrons. The number of phenolic OH excluding ortho intramolecular Hbond substituents is 2. The van der Waals surface area contributed by atoms with Gasteiger partial charge in [0, 0.05) is 11.1 Å². The van der Waals surface area contributed by atoms with Gasteiger partial charge in [0.2, 0.25) is 6.29 Å². The van der Waals surface area contributed by atoms with Crippen molar-refractivity contribution in [3.63, 3.8) is 0 Å². The van der Waals surface area contributed by atoms with Crippen molar-refractivity contribution in [1.82, 2.24) is 0 Å². The van der Waals surface area contributed by atoms with Crippen LogP contribution in [0.15, 0.2) is 18.2 Å². The topological polar surface area (TPSA) is 273 Å². The van der Waals surface area contributed by atoms with E-state index in [0.717, 1.165) is 18.2 Å². The Labute approximate surface area is 235 Å². The normalized spacial score (nSPS) is 32.8. The first-order chi connectivity index (χ1) is 19.9. The second-order valence-electron chi connectivity index (χ2n) is 10.0. The molecule has 10 N–H and O–H groups in total. The summed E-state index contributed by atoms with van der Waals surface area (Å²) in [6, 6.07) is 3.00. The van der Waals surface area contributed by atoms with E-state index in [1.165, 1.54) is 0 Å². The monoisotopic (exact) mass is 596 g/mol. The molecule has 0 aromatic heterocycles. The minimum atomic E-state index is -1.94. The van der Waals surface area contributed by atoms with Crippen LogP contribution in [-0.2, 0) is 20.8 Å². The van der Waals surface area contributed by atoms with Crippen LogP contribution in [-0.4, -0.2) is 131 Å². The van der Waals surface area contributed by atoms with Gasteiger partial charge in [0.25, 0.3) is 0 Å². The van der Waals surface area contributed by atoms with Crippen molar-refractivity contribution in [3.05, 3.63) is 46.0 Å². The van der Waals surface area contributed by atoms with Crippen molar-refractivity contribution in [1.29, 1.82) is 0 Å². The standard InChI is InChI=1S/C26H28O16/c27-4-9-12(3-8-15(18(9)32)16(30)7-1-2-10(28)19(33)14(7)17(8)31)41-26-24(38)22(36)21(35)13(42-26)6-40-25-23(37)20(34)11(29)5-39-25/h1-3,11,13,20-29,32-38H,4-6H2. The van der Waals surface area contributed by atoms with Crippen LogP contribution >= 0.6 is 0 Å². The molecule has 3 aliphatic rings. The summed E-state index contributed by atoms with van der Waals surface area (Å²) in [4.78, 5) is 26.4. The summed E-state index contributed by atoms with van der Waals surface area (Å²) < 4.78 is 21.6. The van der Waals surface area contributed by atoms with Gasteiger partial charge in [0.15, 0.2) is 29.4 Å². The number of carbonyl (C=O) groups is 2. The van der Waals surface area contributed by atoms with Gasteiger partial charge in [-0.05, 0) is 18.2 Å². The van der Waals surface area contributed by atoms with Gasteiger partial charge in [0.05, 0.1) is 36.5 Å². The van der Waals surface area contributed by atoms with E-state index >= 15 is 0 Å². The molecule has 2 fully saturated rings. The molecule has 2 heterocycles. The van der Waals surface area contributed by atoms with Crippen molar-refractivity contribution < 1.29 is 79.6 Å². The Morgan fingerprint density at radius 1 is 0.786 bits per heavy atom. The van der Waals surface area contributed by atoms with E-state index in [0.29, 0.717) is 0 Å². The molecular weight excluding hydrogens is 568 g/mol. The van der Waals surface area contributed by atoms with Crippen molar-refractivity contribution in [2.24, 2.45) is 0 Å². The Morgan fingerprint density at radius 3 is 2.12 bits per heavy atom. The first-order valence-corrected chi connectivity index (χ1v) is 12.6. The van der Waals surface area contributed by atoms with Gasteiger partial charge in [-0.15, -0.1) is 0 Å². The number of hydrogen-bond acceptors (Lipinski definition) is 16. The zero-order chi connectivity index (χ0) is 30.6. The molecule has 2 aliphatic heterocycles. The van der Waals surface area contributed by atoms with E-state index in [2.05, 4.69) is 0 Å². The van der Waals surface area contributed by atoms with Crippen molar-refractivity contribution in [2.45, 2.75) is 61.9 Å². The van der Waals surface area contributed by atoms with Gasteiger partial charge in [-0.25, -0.2) is 0 Å². The number of aromatic hydroxyl groups is 3. The molecule has 1 aliphatic carbocycles. The number of benzene rings is 2. The van der Waals surface area contributed by atoms with Crippen LogP contribution in [0.5, 0.6) is 23.0 Å². The van der Waals surface area contributed by atoms with Crippen LogP contribution in [0.4, 0.5) is 0 Å². The fourth-order valence-electron chi connectivity index (χ4n) is 5.01. The average molecular weight is 596 g/mol. The average Bonchev–Trinajstić information content (AvgIpc) is 2.96. The molecule has 2 aromatic carbocycles. The van der Waals surface area contributed by atoms with Gasteiger partial charge in [-0.2, -0.15) is 0 Å². The Hall–Kier alpha value is -3.42. The summed E-state index contributed by atoms with van der Waals surface area (Å²) in [5, 5.41) is 102. The van der Waals surface area contributed by atoms with Gasteiger partial charge in [-0.1, -0.05) is 0 Å². The Kier molecular flexibility index (Phi) is 8.12. The van der Waals surface area contributed by atoms with Gasteiger partial charge < -0.3 is 70.0 Å². The Morgan fingerprint density at radius 2 is 1.43 bits per heavy atom. The van der Waals surface area contributed by atoms with Crippen LogP contribution in [0.3, 0.4) is 0 Å². The fraction of sp³-hybridized carbons (Fsp3) is 0.462. The molecule has 9 unspecified atom stereocenters. The van der Waals surface area contributed by atoms with E-state index in [4.69, 9.17) is 18.9 Å². The Balaban J connectivity index is 1.42. The predicted molar refractivity (Wildman–Crippen MR) is 132 cm³/mol. The summed E-state index contributed by atoms with van der Waals surface area (Å²) in [6.45, 7) is -1.90. The number of carbonyl (C=O) groups excluding carboxylic acids is 2. The number of aliphatic hydroxyl groups is 7. The second kappa shape index (κ2) is 11.3. The van der Waals surface area contributed by atoms with Crippen LogP contribution < -0.4 is 4.74 Å². The third-order valence-corrected chi connectivity index (χ3v) is 7.41. The maximum atomic E-state index is 13.3. The van der Waals surface area contributed by atoms with Crippen LogP contribution in [0.25, 0.3) is 0 Å². The van der Waals surface area contributed by atoms with Crippen LogP contribution in [0, 0.1) is 0 Å². The fourth-order valence-corrected chi connectivity index (χ4v) is 5.01. The van der Waals surface area contributed by atoms with E-state index in [1.54, 1.807) is 0 Å². The predicted octanol–water partition coefficient (Wildman–Crippen LogP) is -3.29. The number of hydrogen-bond donors (Lipinski definition) is 10. The smallest absolute Gasteiger partial charge is 0.229 e. The third-order valence-electron chi connectivity index (χ3n) is 7.41. The third kappa shape index (κ3) is 4.86. The van der Waals surface area contributed by atoms with E-state index < -0.39 is 125 Å². The minimum Gasteiger partial charge on any atom is -0.507 e. The van der Waals surface area contributed by atoms with E-state index in [9.17, 15) is 60.7 Å². The summed E-state index contributed by atoms with van der Waals surface area (Å²) in [7, 11) is 0. The zero-order valence-electron chi connectivity index (χ0n) is 21.5. The maximum Gasteiger partial charge on any atom is 0.229 e. The molecule has 42 heavy (non-hydrogen) atoms. The lowest BCUT2D eigenvalue weighted by Gasteiger charge is -2.41.